The van der Waals surface area contributed by atoms with Crippen LogP contribution in [0, 0.1) is 30.9 Å². The number of non-ortho nitro benzene ring substituents is 1. The van der Waals surface area contributed by atoms with Crippen molar-refractivity contribution >= 4 is 21.6 Å². The molecule has 0 spiro atoms. The number of nitro benzene ring substituents is 1. The number of hydrogen-bond donors (Lipinski definition) is 0. The molecule has 1 unspecified atom stereocenters. The Morgan fingerprint density at radius 2 is 1.80 bits per heavy atom. The van der Waals surface area contributed by atoms with Gasteiger partial charge < -0.3 is 4.42 Å². The van der Waals surface area contributed by atoms with Crippen molar-refractivity contribution in [2.45, 2.75) is 32.0 Å². The molecule has 0 bridgehead atoms. The highest BCUT2D eigenvalue weighted by Gasteiger charge is 2.19. The van der Waals surface area contributed by atoms with Crippen LogP contribution < -0.4 is 0 Å². The van der Waals surface area contributed by atoms with Gasteiger partial charge in [0.15, 0.2) is 0 Å². The number of aryl methyl sites for hydroxylation is 2. The van der Waals surface area contributed by atoms with E-state index in [1.165, 1.54) is 17.7 Å². The topological polar surface area (TPSA) is 56.3 Å². The summed E-state index contributed by atoms with van der Waals surface area (Å²) in [5, 5.41) is 10.6. The van der Waals surface area contributed by atoms with Gasteiger partial charge in [0.25, 0.3) is 5.69 Å². The molecular weight excluding hydrogens is 322 g/mol. The number of hydrogen-bond acceptors (Lipinski definition) is 3. The zero-order chi connectivity index (χ0) is 14.9. The highest BCUT2D eigenvalue weighted by atomic mass is 79.9. The first-order valence-corrected chi connectivity index (χ1v) is 7.25. The third-order valence-electron chi connectivity index (χ3n) is 3.49. The summed E-state index contributed by atoms with van der Waals surface area (Å²) >= 11 is 3.69. The van der Waals surface area contributed by atoms with E-state index < -0.39 is 0 Å². The summed E-state index contributed by atoms with van der Waals surface area (Å²) < 4.78 is 5.64. The Hall–Kier alpha value is -1.62. The number of benzene rings is 1. The van der Waals surface area contributed by atoms with Gasteiger partial charge in [-0.3, -0.25) is 10.1 Å². The van der Waals surface area contributed by atoms with E-state index in [-0.39, 0.29) is 15.4 Å². The lowest BCUT2D eigenvalue weighted by Gasteiger charge is -2.10. The number of halogens is 1. The van der Waals surface area contributed by atoms with E-state index in [1.807, 2.05) is 20.8 Å². The Balaban J connectivity index is 2.19. The minimum atomic E-state index is -0.386. The average Bonchev–Trinajstić information content (AvgIpc) is 2.63. The van der Waals surface area contributed by atoms with Crippen LogP contribution in [-0.2, 0) is 6.42 Å². The maximum Gasteiger partial charge on any atom is 0.269 e. The van der Waals surface area contributed by atoms with Crippen LogP contribution in [0.25, 0.3) is 0 Å². The lowest BCUT2D eigenvalue weighted by molar-refractivity contribution is -0.384. The molecular formula is C15H16BrNO3. The fourth-order valence-corrected chi connectivity index (χ4v) is 3.37. The number of nitrogens with zero attached hydrogens (tertiary/aromatic N) is 1. The van der Waals surface area contributed by atoms with Crippen LogP contribution in [0.5, 0.6) is 0 Å². The monoisotopic (exact) mass is 337 g/mol. The van der Waals surface area contributed by atoms with E-state index in [0.29, 0.717) is 0 Å². The molecule has 1 aromatic heterocycles. The molecule has 0 N–H and O–H groups in total. The number of rotatable bonds is 4. The van der Waals surface area contributed by atoms with E-state index in [1.54, 1.807) is 12.1 Å². The number of nitro groups is 1. The van der Waals surface area contributed by atoms with Crippen molar-refractivity contribution in [1.29, 1.82) is 0 Å². The SMILES string of the molecule is Cc1oc(C)c(C(Br)Cc2ccc([N+](=O)[O-])cc2)c1C. The summed E-state index contributed by atoms with van der Waals surface area (Å²) in [6.07, 6.45) is 0.763. The third kappa shape index (κ3) is 2.93. The van der Waals surface area contributed by atoms with Crippen molar-refractivity contribution in [3.8, 4) is 0 Å². The molecule has 0 saturated carbocycles. The zero-order valence-corrected chi connectivity index (χ0v) is 13.2. The molecule has 20 heavy (non-hydrogen) atoms. The highest BCUT2D eigenvalue weighted by molar-refractivity contribution is 9.09. The lowest BCUT2D eigenvalue weighted by atomic mass is 10.0. The Morgan fingerprint density at radius 3 is 2.25 bits per heavy atom. The van der Waals surface area contributed by atoms with Gasteiger partial charge in [0.05, 0.1) is 4.92 Å². The summed E-state index contributed by atoms with van der Waals surface area (Å²) in [7, 11) is 0. The fourth-order valence-electron chi connectivity index (χ4n) is 2.33. The quantitative estimate of drug-likeness (QED) is 0.457. The molecule has 2 rings (SSSR count). The van der Waals surface area contributed by atoms with Crippen LogP contribution in [0.3, 0.4) is 0 Å². The minimum absolute atomic E-state index is 0.117. The van der Waals surface area contributed by atoms with Gasteiger partial charge in [-0.15, -0.1) is 0 Å². The predicted molar refractivity (Wildman–Crippen MR) is 81.4 cm³/mol. The van der Waals surface area contributed by atoms with Crippen molar-refractivity contribution in [2.24, 2.45) is 0 Å². The average molecular weight is 338 g/mol. The lowest BCUT2D eigenvalue weighted by Crippen LogP contribution is -1.98. The highest BCUT2D eigenvalue weighted by Crippen LogP contribution is 2.35. The molecule has 5 heteroatoms. The first-order valence-electron chi connectivity index (χ1n) is 6.34. The molecule has 0 radical (unpaired) electrons. The van der Waals surface area contributed by atoms with Gasteiger partial charge in [0.2, 0.25) is 0 Å². The van der Waals surface area contributed by atoms with Crippen molar-refractivity contribution in [1.82, 2.24) is 0 Å². The van der Waals surface area contributed by atoms with E-state index in [0.717, 1.165) is 29.1 Å². The van der Waals surface area contributed by atoms with Crippen molar-refractivity contribution < 1.29 is 9.34 Å². The van der Waals surface area contributed by atoms with Crippen molar-refractivity contribution in [2.75, 3.05) is 0 Å². The Kier molecular flexibility index (Phi) is 4.28. The van der Waals surface area contributed by atoms with E-state index >= 15 is 0 Å². The van der Waals surface area contributed by atoms with Crippen LogP contribution >= 0.6 is 15.9 Å². The molecule has 0 aliphatic heterocycles. The van der Waals surface area contributed by atoms with Crippen LogP contribution in [0.2, 0.25) is 0 Å². The first-order chi connectivity index (χ1) is 9.40. The van der Waals surface area contributed by atoms with Gasteiger partial charge in [0.1, 0.15) is 11.5 Å². The summed E-state index contributed by atoms with van der Waals surface area (Å²) in [4.78, 5) is 10.4. The maximum absolute atomic E-state index is 10.6. The largest absolute Gasteiger partial charge is 0.466 e. The summed E-state index contributed by atoms with van der Waals surface area (Å²) in [6, 6.07) is 6.67. The van der Waals surface area contributed by atoms with Gasteiger partial charge >= 0.3 is 0 Å². The summed E-state index contributed by atoms with van der Waals surface area (Å²) in [6.45, 7) is 5.96. The molecule has 1 aromatic carbocycles. The molecule has 0 saturated heterocycles. The molecule has 2 aromatic rings. The summed E-state index contributed by atoms with van der Waals surface area (Å²) in [5.41, 5.74) is 3.49. The maximum atomic E-state index is 10.6. The zero-order valence-electron chi connectivity index (χ0n) is 11.6. The second-order valence-electron chi connectivity index (χ2n) is 4.85. The second-order valence-corrected chi connectivity index (χ2v) is 5.95. The molecule has 0 aliphatic carbocycles. The Morgan fingerprint density at radius 1 is 1.20 bits per heavy atom. The molecule has 4 nitrogen and oxygen atoms in total. The smallest absolute Gasteiger partial charge is 0.269 e. The summed E-state index contributed by atoms with van der Waals surface area (Å²) in [5.74, 6) is 1.86. The van der Waals surface area contributed by atoms with Crippen LogP contribution in [0.1, 0.15) is 33.0 Å². The Bertz CT molecular complexity index is 631. The molecule has 106 valence electrons. The van der Waals surface area contributed by atoms with Gasteiger partial charge in [-0.2, -0.15) is 0 Å². The van der Waals surface area contributed by atoms with E-state index in [2.05, 4.69) is 15.9 Å². The van der Waals surface area contributed by atoms with E-state index in [4.69, 9.17) is 4.42 Å². The molecule has 1 heterocycles. The van der Waals surface area contributed by atoms with Gasteiger partial charge in [-0.25, -0.2) is 0 Å². The van der Waals surface area contributed by atoms with Crippen LogP contribution in [-0.4, -0.2) is 4.92 Å². The molecule has 1 atom stereocenters. The van der Waals surface area contributed by atoms with Crippen LogP contribution in [0.4, 0.5) is 5.69 Å². The standard InChI is InChI=1S/C15H16BrNO3/c1-9-10(2)20-11(3)15(9)14(16)8-12-4-6-13(7-5-12)17(18)19/h4-7,14H,8H2,1-3H3. The second kappa shape index (κ2) is 5.79. The van der Waals surface area contributed by atoms with Crippen LogP contribution in [0.15, 0.2) is 28.7 Å². The van der Waals surface area contributed by atoms with Gasteiger partial charge in [-0.05, 0) is 38.3 Å². The normalized spacial score (nSPS) is 12.4. The van der Waals surface area contributed by atoms with Gasteiger partial charge in [0, 0.05) is 22.5 Å². The van der Waals surface area contributed by atoms with Gasteiger partial charge in [-0.1, -0.05) is 28.1 Å². The van der Waals surface area contributed by atoms with Crippen molar-refractivity contribution in [3.05, 3.63) is 62.6 Å². The fraction of sp³-hybridized carbons (Fsp3) is 0.333. The number of alkyl halides is 1. The molecule has 0 fully saturated rings. The molecule has 0 amide bonds. The molecule has 0 aliphatic rings. The Labute approximate surface area is 126 Å². The first kappa shape index (κ1) is 14.8. The van der Waals surface area contributed by atoms with E-state index in [9.17, 15) is 10.1 Å². The number of furan rings is 1. The predicted octanol–water partition coefficient (Wildman–Crippen LogP) is 4.79. The van der Waals surface area contributed by atoms with Crippen molar-refractivity contribution in [3.63, 3.8) is 0 Å². The third-order valence-corrected chi connectivity index (χ3v) is 4.27. The minimum Gasteiger partial charge on any atom is -0.466 e.